The van der Waals surface area contributed by atoms with Crippen molar-refractivity contribution >= 4 is 22.5 Å². The average Bonchev–Trinajstić information content (AvgIpc) is 2.91. The van der Waals surface area contributed by atoms with Gasteiger partial charge < -0.3 is 16.0 Å². The van der Waals surface area contributed by atoms with E-state index in [0.29, 0.717) is 17.8 Å². The zero-order valence-corrected chi connectivity index (χ0v) is 11.5. The van der Waals surface area contributed by atoms with Gasteiger partial charge in [0, 0.05) is 41.7 Å². The Morgan fingerprint density at radius 1 is 1.29 bits per heavy atom. The molecule has 0 saturated carbocycles. The molecule has 21 heavy (non-hydrogen) atoms. The minimum Gasteiger partial charge on any atom is -0.398 e. The zero-order valence-electron chi connectivity index (χ0n) is 11.5. The molecular weight excluding hydrogens is 264 g/mol. The first-order valence-electron chi connectivity index (χ1n) is 6.78. The second-order valence-corrected chi connectivity index (χ2v) is 4.83. The van der Waals surface area contributed by atoms with E-state index >= 15 is 0 Å². The van der Waals surface area contributed by atoms with Gasteiger partial charge in [0.15, 0.2) is 0 Å². The Labute approximate surface area is 122 Å². The molecule has 0 aliphatic rings. The van der Waals surface area contributed by atoms with Crippen molar-refractivity contribution in [3.8, 4) is 0 Å². The molecule has 4 N–H and O–H groups in total. The summed E-state index contributed by atoms with van der Waals surface area (Å²) in [5.74, 6) is -0.194. The Hall–Kier alpha value is -2.82. The van der Waals surface area contributed by atoms with E-state index in [0.717, 1.165) is 11.9 Å². The van der Waals surface area contributed by atoms with E-state index in [9.17, 15) is 4.79 Å². The number of rotatable bonds is 4. The summed E-state index contributed by atoms with van der Waals surface area (Å²) in [7, 11) is 0. The van der Waals surface area contributed by atoms with Crippen LogP contribution < -0.4 is 11.1 Å². The number of pyridine rings is 1. The second kappa shape index (κ2) is 5.66. The third-order valence-electron chi connectivity index (χ3n) is 3.45. The maximum absolute atomic E-state index is 12.0. The highest BCUT2D eigenvalue weighted by molar-refractivity contribution is 5.98. The second-order valence-electron chi connectivity index (χ2n) is 4.83. The largest absolute Gasteiger partial charge is 0.398 e. The van der Waals surface area contributed by atoms with Gasteiger partial charge >= 0.3 is 0 Å². The maximum Gasteiger partial charge on any atom is 0.254 e. The van der Waals surface area contributed by atoms with Crippen LogP contribution in [0.5, 0.6) is 0 Å². The summed E-state index contributed by atoms with van der Waals surface area (Å²) in [5, 5.41) is 4.06. The van der Waals surface area contributed by atoms with Crippen molar-refractivity contribution in [3.63, 3.8) is 0 Å². The molecule has 106 valence electrons. The lowest BCUT2D eigenvalue weighted by Crippen LogP contribution is -2.26. The number of amides is 1. The van der Waals surface area contributed by atoms with E-state index in [-0.39, 0.29) is 5.91 Å². The van der Waals surface area contributed by atoms with Crippen LogP contribution >= 0.6 is 0 Å². The smallest absolute Gasteiger partial charge is 0.254 e. The first kappa shape index (κ1) is 13.2. The molecule has 0 saturated heterocycles. The molecule has 5 nitrogen and oxygen atoms in total. The average molecular weight is 280 g/mol. The van der Waals surface area contributed by atoms with E-state index in [1.807, 2.05) is 24.4 Å². The first-order valence-corrected chi connectivity index (χ1v) is 6.78. The van der Waals surface area contributed by atoms with Gasteiger partial charge in [-0.25, -0.2) is 0 Å². The number of fused-ring (bicyclic) bond motifs is 1. The van der Waals surface area contributed by atoms with Gasteiger partial charge in [-0.15, -0.1) is 0 Å². The van der Waals surface area contributed by atoms with Crippen LogP contribution in [0.2, 0.25) is 0 Å². The molecule has 3 rings (SSSR count). The lowest BCUT2D eigenvalue weighted by molar-refractivity contribution is 0.0954. The van der Waals surface area contributed by atoms with Crippen LogP contribution in [-0.4, -0.2) is 22.4 Å². The van der Waals surface area contributed by atoms with E-state index in [2.05, 4.69) is 21.4 Å². The van der Waals surface area contributed by atoms with Crippen LogP contribution in [0.3, 0.4) is 0 Å². The molecule has 0 fully saturated rings. The molecule has 0 unspecified atom stereocenters. The topological polar surface area (TPSA) is 83.8 Å². The van der Waals surface area contributed by atoms with E-state index in [1.165, 1.54) is 17.1 Å². The number of anilines is 1. The molecule has 3 aromatic rings. The van der Waals surface area contributed by atoms with Crippen LogP contribution in [0.25, 0.3) is 10.9 Å². The van der Waals surface area contributed by atoms with Crippen molar-refractivity contribution in [2.45, 2.75) is 6.42 Å². The molecule has 0 aliphatic carbocycles. The van der Waals surface area contributed by atoms with Gasteiger partial charge in [-0.2, -0.15) is 0 Å². The standard InChI is InChI=1S/C16H16N4O/c17-14-6-7-18-10-13(14)16(21)19-8-5-11-9-20-15-4-2-1-3-12(11)15/h1-4,6-7,9-10,20H,5,8H2,(H2,17,18)(H,19,21). The van der Waals surface area contributed by atoms with Crippen molar-refractivity contribution in [2.24, 2.45) is 0 Å². The lowest BCUT2D eigenvalue weighted by Gasteiger charge is -2.06. The summed E-state index contributed by atoms with van der Waals surface area (Å²) in [6.07, 6.45) is 5.79. The number of hydrogen-bond acceptors (Lipinski definition) is 3. The van der Waals surface area contributed by atoms with Crippen molar-refractivity contribution in [1.82, 2.24) is 15.3 Å². The fourth-order valence-electron chi connectivity index (χ4n) is 2.34. The normalized spacial score (nSPS) is 10.7. The highest BCUT2D eigenvalue weighted by Crippen LogP contribution is 2.17. The Kier molecular flexibility index (Phi) is 3.55. The molecule has 2 heterocycles. The number of aromatic nitrogens is 2. The van der Waals surface area contributed by atoms with Gasteiger partial charge in [-0.3, -0.25) is 9.78 Å². The van der Waals surface area contributed by atoms with E-state index in [4.69, 9.17) is 5.73 Å². The molecule has 2 aromatic heterocycles. The molecule has 1 amide bonds. The Morgan fingerprint density at radius 2 is 2.14 bits per heavy atom. The molecule has 0 atom stereocenters. The van der Waals surface area contributed by atoms with Crippen molar-refractivity contribution in [1.29, 1.82) is 0 Å². The van der Waals surface area contributed by atoms with Crippen LogP contribution in [0.15, 0.2) is 48.9 Å². The number of aromatic amines is 1. The molecule has 0 spiro atoms. The highest BCUT2D eigenvalue weighted by atomic mass is 16.1. The fourth-order valence-corrected chi connectivity index (χ4v) is 2.34. The quantitative estimate of drug-likeness (QED) is 0.684. The fraction of sp³-hybridized carbons (Fsp3) is 0.125. The predicted molar refractivity (Wildman–Crippen MR) is 83.0 cm³/mol. The van der Waals surface area contributed by atoms with Gasteiger partial charge in [0.05, 0.1) is 5.56 Å². The SMILES string of the molecule is Nc1ccncc1C(=O)NCCc1c[nH]c2ccccc12. The Balaban J connectivity index is 1.64. The van der Waals surface area contributed by atoms with Crippen LogP contribution in [0.4, 0.5) is 5.69 Å². The van der Waals surface area contributed by atoms with Crippen molar-refractivity contribution in [3.05, 3.63) is 60.0 Å². The highest BCUT2D eigenvalue weighted by Gasteiger charge is 2.09. The number of H-pyrrole nitrogens is 1. The number of nitrogens with zero attached hydrogens (tertiary/aromatic N) is 1. The number of hydrogen-bond donors (Lipinski definition) is 3. The van der Waals surface area contributed by atoms with Gasteiger partial charge in [-0.05, 0) is 24.1 Å². The minimum atomic E-state index is -0.194. The lowest BCUT2D eigenvalue weighted by atomic mass is 10.1. The first-order chi connectivity index (χ1) is 10.3. The summed E-state index contributed by atoms with van der Waals surface area (Å²) in [6.45, 7) is 0.551. The summed E-state index contributed by atoms with van der Waals surface area (Å²) >= 11 is 0. The maximum atomic E-state index is 12.0. The summed E-state index contributed by atoms with van der Waals surface area (Å²) in [6, 6.07) is 9.73. The van der Waals surface area contributed by atoms with E-state index in [1.54, 1.807) is 12.3 Å². The molecule has 0 radical (unpaired) electrons. The molecule has 5 heteroatoms. The molecule has 0 aliphatic heterocycles. The van der Waals surface area contributed by atoms with Gasteiger partial charge in [0.2, 0.25) is 0 Å². The van der Waals surface area contributed by atoms with E-state index < -0.39 is 0 Å². The number of carbonyl (C=O) groups excluding carboxylic acids is 1. The van der Waals surface area contributed by atoms with Gasteiger partial charge in [0.25, 0.3) is 5.91 Å². The molecule has 1 aromatic carbocycles. The molecule has 0 bridgehead atoms. The Morgan fingerprint density at radius 3 is 3.00 bits per heavy atom. The number of benzene rings is 1. The summed E-state index contributed by atoms with van der Waals surface area (Å²) < 4.78 is 0. The monoisotopic (exact) mass is 280 g/mol. The third-order valence-corrected chi connectivity index (χ3v) is 3.45. The number of nitrogens with one attached hydrogen (secondary N) is 2. The zero-order chi connectivity index (χ0) is 14.7. The third kappa shape index (κ3) is 2.72. The van der Waals surface area contributed by atoms with Crippen LogP contribution in [0.1, 0.15) is 15.9 Å². The number of nitrogens with two attached hydrogens (primary N) is 1. The van der Waals surface area contributed by atoms with Crippen molar-refractivity contribution < 1.29 is 4.79 Å². The van der Waals surface area contributed by atoms with Crippen molar-refractivity contribution in [2.75, 3.05) is 12.3 Å². The summed E-state index contributed by atoms with van der Waals surface area (Å²) in [4.78, 5) is 19.2. The number of nitrogen functional groups attached to an aromatic ring is 1. The van der Waals surface area contributed by atoms with Gasteiger partial charge in [-0.1, -0.05) is 18.2 Å². The van der Waals surface area contributed by atoms with Crippen LogP contribution in [-0.2, 0) is 6.42 Å². The Bertz CT molecular complexity index is 779. The molecular formula is C16H16N4O. The number of carbonyl (C=O) groups is 1. The predicted octanol–water partition coefficient (Wildman–Crippen LogP) is 2.12. The number of para-hydroxylation sites is 1. The van der Waals surface area contributed by atoms with Gasteiger partial charge in [0.1, 0.15) is 0 Å². The van der Waals surface area contributed by atoms with Crippen LogP contribution in [0, 0.1) is 0 Å². The summed E-state index contributed by atoms with van der Waals surface area (Å²) in [5.41, 5.74) is 8.90. The minimum absolute atomic E-state index is 0.194.